The number of aliphatic hydroxyl groups excluding tert-OH is 1. The first-order valence-corrected chi connectivity index (χ1v) is 15.0. The predicted molar refractivity (Wildman–Crippen MR) is 165 cm³/mol. The predicted octanol–water partition coefficient (Wildman–Crippen LogP) is 5.63. The number of hydrogen-bond acceptors (Lipinski definition) is 5. The van der Waals surface area contributed by atoms with Crippen molar-refractivity contribution in [1.29, 1.82) is 0 Å². The highest BCUT2D eigenvalue weighted by Crippen LogP contribution is 2.32. The van der Waals surface area contributed by atoms with Gasteiger partial charge in [0.05, 0.1) is 6.10 Å². The van der Waals surface area contributed by atoms with Gasteiger partial charge in [-0.3, -0.25) is 9.59 Å². The van der Waals surface area contributed by atoms with Crippen LogP contribution >= 0.6 is 0 Å². The molecule has 3 rings (SSSR count). The second-order valence-electron chi connectivity index (χ2n) is 11.4. The van der Waals surface area contributed by atoms with Gasteiger partial charge in [0.25, 0.3) is 5.91 Å². The van der Waals surface area contributed by atoms with Crippen LogP contribution in [0.5, 0.6) is 0 Å². The Kier molecular flexibility index (Phi) is 12.3. The summed E-state index contributed by atoms with van der Waals surface area (Å²) in [6.07, 6.45) is 0.199. The lowest BCUT2D eigenvalue weighted by Crippen LogP contribution is -2.38. The maximum Gasteiger partial charge on any atom is 0.272 e. The third-order valence-electron chi connectivity index (χ3n) is 7.44. The number of pyridine rings is 1. The third kappa shape index (κ3) is 9.15. The van der Waals surface area contributed by atoms with Gasteiger partial charge in [-0.05, 0) is 67.0 Å². The van der Waals surface area contributed by atoms with Crippen LogP contribution in [0.2, 0.25) is 0 Å². The molecule has 0 bridgehead atoms. The molecule has 0 saturated heterocycles. The summed E-state index contributed by atoms with van der Waals surface area (Å²) in [5, 5.41) is 14.9. The average Bonchev–Trinajstić information content (AvgIpc) is 2.94. The van der Waals surface area contributed by atoms with E-state index >= 15 is 0 Å². The zero-order valence-corrected chi connectivity index (χ0v) is 25.8. The van der Waals surface area contributed by atoms with Crippen LogP contribution in [0.4, 0.5) is 8.78 Å². The van der Waals surface area contributed by atoms with E-state index in [0.29, 0.717) is 44.1 Å². The number of primary amides is 1. The van der Waals surface area contributed by atoms with Crippen LogP contribution < -0.4 is 11.1 Å². The number of nitrogens with zero attached hydrogens (tertiary/aromatic N) is 2. The van der Waals surface area contributed by atoms with Crippen molar-refractivity contribution in [3.8, 4) is 0 Å². The number of amides is 2. The molecule has 2 aromatic carbocycles. The van der Waals surface area contributed by atoms with Crippen molar-refractivity contribution in [2.75, 3.05) is 19.6 Å². The van der Waals surface area contributed by atoms with E-state index in [0.717, 1.165) is 11.6 Å². The molecule has 2 atom stereocenters. The van der Waals surface area contributed by atoms with E-state index in [1.165, 1.54) is 23.8 Å². The number of aliphatic hydroxyl groups is 1. The van der Waals surface area contributed by atoms with Gasteiger partial charge in [0, 0.05) is 55.0 Å². The van der Waals surface area contributed by atoms with Gasteiger partial charge in [-0.2, -0.15) is 0 Å². The Hall–Kier alpha value is -3.69. The van der Waals surface area contributed by atoms with Crippen LogP contribution in [0.25, 0.3) is 0 Å². The van der Waals surface area contributed by atoms with Gasteiger partial charge in [-0.15, -0.1) is 0 Å². The SMILES string of the molecule is CCCN(CCC)C(=O)c1nc(C)cc(C(N)=O)c1[C@H](Cc1cc(F)cc(F)c1)[C@@H](O)CNCc1cccc(C(C)C)c1. The number of benzene rings is 2. The number of aryl methyl sites for hydroxylation is 1. The Balaban J connectivity index is 2.09. The molecule has 0 fully saturated rings. The van der Waals surface area contributed by atoms with Crippen molar-refractivity contribution in [2.24, 2.45) is 5.73 Å². The van der Waals surface area contributed by atoms with Gasteiger partial charge < -0.3 is 21.1 Å². The monoisotopic (exact) mass is 594 g/mol. The Morgan fingerprint density at radius 1 is 1.00 bits per heavy atom. The summed E-state index contributed by atoms with van der Waals surface area (Å²) in [6, 6.07) is 12.8. The fourth-order valence-electron chi connectivity index (χ4n) is 5.41. The van der Waals surface area contributed by atoms with Gasteiger partial charge in [-0.25, -0.2) is 13.8 Å². The molecule has 9 heteroatoms. The smallest absolute Gasteiger partial charge is 0.272 e. The lowest BCUT2D eigenvalue weighted by Gasteiger charge is -2.29. The summed E-state index contributed by atoms with van der Waals surface area (Å²) in [6.45, 7) is 11.3. The van der Waals surface area contributed by atoms with Crippen LogP contribution in [-0.4, -0.2) is 52.5 Å². The highest BCUT2D eigenvalue weighted by atomic mass is 19.1. The van der Waals surface area contributed by atoms with E-state index in [1.807, 2.05) is 26.0 Å². The van der Waals surface area contributed by atoms with Crippen molar-refractivity contribution < 1.29 is 23.5 Å². The molecule has 0 aliphatic carbocycles. The van der Waals surface area contributed by atoms with Crippen LogP contribution in [0, 0.1) is 18.6 Å². The molecule has 43 heavy (non-hydrogen) atoms. The first-order chi connectivity index (χ1) is 20.4. The second kappa shape index (κ2) is 15.7. The maximum atomic E-state index is 14.2. The minimum atomic E-state index is -1.17. The molecule has 1 heterocycles. The highest BCUT2D eigenvalue weighted by molar-refractivity contribution is 6.01. The normalized spacial score (nSPS) is 12.8. The summed E-state index contributed by atoms with van der Waals surface area (Å²) < 4.78 is 28.5. The molecule has 2 amide bonds. The molecule has 0 aliphatic heterocycles. The number of nitrogens with two attached hydrogens (primary N) is 1. The Labute approximate surface area is 253 Å². The first kappa shape index (κ1) is 33.8. The molecular weight excluding hydrogens is 550 g/mol. The van der Waals surface area contributed by atoms with Gasteiger partial charge in [0.1, 0.15) is 17.3 Å². The van der Waals surface area contributed by atoms with E-state index < -0.39 is 29.6 Å². The number of carbonyl (C=O) groups excluding carboxylic acids is 2. The fourth-order valence-corrected chi connectivity index (χ4v) is 5.41. The van der Waals surface area contributed by atoms with Crippen LogP contribution in [0.3, 0.4) is 0 Å². The molecule has 0 unspecified atom stereocenters. The number of rotatable bonds is 15. The summed E-state index contributed by atoms with van der Waals surface area (Å²) in [5.41, 5.74) is 8.98. The molecule has 232 valence electrons. The molecule has 3 aromatic rings. The Morgan fingerprint density at radius 3 is 2.23 bits per heavy atom. The Morgan fingerprint density at radius 2 is 1.65 bits per heavy atom. The summed E-state index contributed by atoms with van der Waals surface area (Å²) >= 11 is 0. The molecule has 0 aliphatic rings. The molecule has 7 nitrogen and oxygen atoms in total. The number of hydrogen-bond donors (Lipinski definition) is 3. The first-order valence-electron chi connectivity index (χ1n) is 15.0. The number of carbonyl (C=O) groups is 2. The van der Waals surface area contributed by atoms with E-state index in [9.17, 15) is 23.5 Å². The van der Waals surface area contributed by atoms with Crippen molar-refractivity contribution >= 4 is 11.8 Å². The summed E-state index contributed by atoms with van der Waals surface area (Å²) in [5.74, 6) is -3.28. The van der Waals surface area contributed by atoms with E-state index in [-0.39, 0.29) is 41.3 Å². The zero-order valence-electron chi connectivity index (χ0n) is 25.8. The van der Waals surface area contributed by atoms with Gasteiger partial charge in [-0.1, -0.05) is 52.0 Å². The molecule has 4 N–H and O–H groups in total. The van der Waals surface area contributed by atoms with Crippen molar-refractivity contribution in [3.05, 3.63) is 99.4 Å². The number of aromatic nitrogens is 1. The number of nitrogens with one attached hydrogen (secondary N) is 1. The summed E-state index contributed by atoms with van der Waals surface area (Å²) in [7, 11) is 0. The van der Waals surface area contributed by atoms with Crippen LogP contribution in [0.1, 0.15) is 101 Å². The maximum absolute atomic E-state index is 14.2. The molecule has 1 aromatic heterocycles. The number of halogens is 2. The highest BCUT2D eigenvalue weighted by Gasteiger charge is 2.33. The average molecular weight is 595 g/mol. The molecule has 0 saturated carbocycles. The van der Waals surface area contributed by atoms with Crippen molar-refractivity contribution in [2.45, 2.75) is 78.4 Å². The minimum Gasteiger partial charge on any atom is -0.391 e. The van der Waals surface area contributed by atoms with E-state index in [4.69, 9.17) is 5.73 Å². The molecular formula is C34H44F2N4O3. The lowest BCUT2D eigenvalue weighted by atomic mass is 9.82. The topological polar surface area (TPSA) is 109 Å². The van der Waals surface area contributed by atoms with Crippen molar-refractivity contribution in [1.82, 2.24) is 15.2 Å². The Bertz CT molecular complexity index is 1390. The summed E-state index contributed by atoms with van der Waals surface area (Å²) in [4.78, 5) is 33.0. The van der Waals surface area contributed by atoms with Gasteiger partial charge >= 0.3 is 0 Å². The van der Waals surface area contributed by atoms with Crippen LogP contribution in [0.15, 0.2) is 48.5 Å². The molecule has 0 radical (unpaired) electrons. The largest absolute Gasteiger partial charge is 0.391 e. The second-order valence-corrected chi connectivity index (χ2v) is 11.4. The lowest BCUT2D eigenvalue weighted by molar-refractivity contribution is 0.0744. The van der Waals surface area contributed by atoms with Gasteiger partial charge in [0.15, 0.2) is 0 Å². The van der Waals surface area contributed by atoms with Gasteiger partial charge in [0.2, 0.25) is 5.91 Å². The zero-order chi connectivity index (χ0) is 31.7. The van der Waals surface area contributed by atoms with E-state index in [2.05, 4.69) is 36.3 Å². The van der Waals surface area contributed by atoms with Crippen molar-refractivity contribution in [3.63, 3.8) is 0 Å². The standard InChI is InChI=1S/C34H44F2N4O3/c1-6-11-40(12-7-2)34(43)32-31(29(33(37)42)13-22(5)39-32)28(17-24-15-26(35)18-27(36)16-24)30(41)20-38-19-23-9-8-10-25(14-23)21(3)4/h8-10,13-16,18,21,28,30,38,41H,6-7,11-12,17,19-20H2,1-5H3,(H2,37,42)/t28-,30+/m1/s1. The molecule has 0 spiro atoms. The van der Waals surface area contributed by atoms with E-state index in [1.54, 1.807) is 11.8 Å². The van der Waals surface area contributed by atoms with Crippen LogP contribution in [-0.2, 0) is 13.0 Å². The fraction of sp³-hybridized carbons (Fsp3) is 0.441. The third-order valence-corrected chi connectivity index (χ3v) is 7.44. The minimum absolute atomic E-state index is 0.0151. The quantitative estimate of drug-likeness (QED) is 0.211.